The molecule has 0 aliphatic carbocycles. The van der Waals surface area contributed by atoms with Crippen LogP contribution in [0.2, 0.25) is 0 Å². The van der Waals surface area contributed by atoms with Gasteiger partial charge >= 0.3 is 0 Å². The molecule has 5 heteroatoms. The third-order valence-corrected chi connectivity index (χ3v) is 2.12. The second-order valence-corrected chi connectivity index (χ2v) is 3.45. The van der Waals surface area contributed by atoms with Crippen molar-refractivity contribution in [1.82, 2.24) is 0 Å². The molecule has 0 bridgehead atoms. The summed E-state index contributed by atoms with van der Waals surface area (Å²) >= 11 is 9.66. The van der Waals surface area contributed by atoms with Crippen LogP contribution in [-0.4, -0.2) is 9.98 Å². The van der Waals surface area contributed by atoms with Gasteiger partial charge in [0.25, 0.3) is 0 Å². The number of nitrogens with zero attached hydrogens (tertiary/aromatic N) is 1. The zero-order chi connectivity index (χ0) is 10.7. The van der Waals surface area contributed by atoms with Crippen molar-refractivity contribution in [1.29, 1.82) is 5.26 Å². The standard InChI is InChI=1S/C9H7N3S2/c10-4-5-2-1-3-6(8(11)13)7(5)9(12)14/h1-3H,(H2,11,13)(H2,12,14). The van der Waals surface area contributed by atoms with Crippen LogP contribution in [0.5, 0.6) is 0 Å². The van der Waals surface area contributed by atoms with Crippen LogP contribution < -0.4 is 11.5 Å². The van der Waals surface area contributed by atoms with E-state index in [1.165, 1.54) is 0 Å². The van der Waals surface area contributed by atoms with Gasteiger partial charge in [-0.3, -0.25) is 0 Å². The number of hydrogen-bond acceptors (Lipinski definition) is 3. The van der Waals surface area contributed by atoms with Gasteiger partial charge in [-0.1, -0.05) is 36.6 Å². The van der Waals surface area contributed by atoms with Crippen molar-refractivity contribution in [3.05, 3.63) is 34.9 Å². The number of hydrogen-bond donors (Lipinski definition) is 2. The number of nitriles is 1. The summed E-state index contributed by atoms with van der Waals surface area (Å²) in [5, 5.41) is 8.82. The highest BCUT2D eigenvalue weighted by Crippen LogP contribution is 2.14. The second-order valence-electron chi connectivity index (χ2n) is 2.57. The smallest absolute Gasteiger partial charge is 0.106 e. The minimum Gasteiger partial charge on any atom is -0.389 e. The Labute approximate surface area is 92.3 Å². The first kappa shape index (κ1) is 10.6. The lowest BCUT2D eigenvalue weighted by atomic mass is 10.0. The molecule has 0 aliphatic heterocycles. The van der Waals surface area contributed by atoms with Gasteiger partial charge in [-0.25, -0.2) is 0 Å². The summed E-state index contributed by atoms with van der Waals surface area (Å²) < 4.78 is 0. The van der Waals surface area contributed by atoms with Crippen molar-refractivity contribution in [2.75, 3.05) is 0 Å². The van der Waals surface area contributed by atoms with Crippen molar-refractivity contribution in [3.63, 3.8) is 0 Å². The minimum absolute atomic E-state index is 0.130. The highest BCUT2D eigenvalue weighted by atomic mass is 32.1. The predicted octanol–water partition coefficient (Wildman–Crippen LogP) is 0.827. The molecule has 1 rings (SSSR count). The predicted molar refractivity (Wildman–Crippen MR) is 62.9 cm³/mol. The quantitative estimate of drug-likeness (QED) is 0.723. The Kier molecular flexibility index (Phi) is 3.12. The third-order valence-electron chi connectivity index (χ3n) is 1.70. The normalized spacial score (nSPS) is 9.07. The lowest BCUT2D eigenvalue weighted by Gasteiger charge is -2.07. The fourth-order valence-corrected chi connectivity index (χ4v) is 1.51. The molecule has 0 heterocycles. The lowest BCUT2D eigenvalue weighted by Crippen LogP contribution is -2.20. The molecule has 0 saturated carbocycles. The van der Waals surface area contributed by atoms with E-state index in [0.717, 1.165) is 0 Å². The van der Waals surface area contributed by atoms with Crippen LogP contribution in [0, 0.1) is 11.3 Å². The first-order valence-corrected chi connectivity index (χ1v) is 4.52. The van der Waals surface area contributed by atoms with Gasteiger partial charge in [0.15, 0.2) is 0 Å². The largest absolute Gasteiger partial charge is 0.389 e. The Hall–Kier alpha value is -1.51. The van der Waals surface area contributed by atoms with Crippen molar-refractivity contribution in [3.8, 4) is 6.07 Å². The maximum atomic E-state index is 8.82. The zero-order valence-electron chi connectivity index (χ0n) is 7.15. The van der Waals surface area contributed by atoms with Gasteiger partial charge in [0.2, 0.25) is 0 Å². The molecule has 0 spiro atoms. The summed E-state index contributed by atoms with van der Waals surface area (Å²) in [7, 11) is 0. The molecule has 0 saturated heterocycles. The van der Waals surface area contributed by atoms with E-state index in [0.29, 0.717) is 16.7 Å². The highest BCUT2D eigenvalue weighted by molar-refractivity contribution is 7.81. The van der Waals surface area contributed by atoms with Crippen LogP contribution in [0.3, 0.4) is 0 Å². The summed E-state index contributed by atoms with van der Waals surface area (Å²) in [6.45, 7) is 0. The molecule has 0 aromatic heterocycles. The molecule has 0 fully saturated rings. The molecule has 0 amide bonds. The number of nitrogens with two attached hydrogens (primary N) is 2. The maximum Gasteiger partial charge on any atom is 0.106 e. The second kappa shape index (κ2) is 4.13. The van der Waals surface area contributed by atoms with Gasteiger partial charge in [-0.15, -0.1) is 0 Å². The molecule has 70 valence electrons. The summed E-state index contributed by atoms with van der Waals surface area (Å²) in [6, 6.07) is 6.99. The highest BCUT2D eigenvalue weighted by Gasteiger charge is 2.11. The average Bonchev–Trinajstić information content (AvgIpc) is 2.16. The number of thiocarbonyl (C=S) groups is 2. The van der Waals surface area contributed by atoms with Crippen LogP contribution in [0.25, 0.3) is 0 Å². The van der Waals surface area contributed by atoms with E-state index in [1.807, 2.05) is 6.07 Å². The van der Waals surface area contributed by atoms with Crippen LogP contribution >= 0.6 is 24.4 Å². The molecule has 3 nitrogen and oxygen atoms in total. The average molecular weight is 221 g/mol. The molecule has 0 atom stereocenters. The van der Waals surface area contributed by atoms with Crippen LogP contribution in [0.15, 0.2) is 18.2 Å². The Bertz CT molecular complexity index is 446. The molecule has 0 aliphatic rings. The van der Waals surface area contributed by atoms with Gasteiger partial charge in [-0.2, -0.15) is 5.26 Å². The molecule has 1 aromatic rings. The maximum absolute atomic E-state index is 8.82. The van der Waals surface area contributed by atoms with E-state index >= 15 is 0 Å². The number of benzene rings is 1. The van der Waals surface area contributed by atoms with E-state index in [4.69, 9.17) is 41.2 Å². The van der Waals surface area contributed by atoms with E-state index in [1.54, 1.807) is 18.2 Å². The Morgan fingerprint density at radius 1 is 1.21 bits per heavy atom. The molecule has 0 radical (unpaired) electrons. The Balaban J connectivity index is 3.53. The van der Waals surface area contributed by atoms with Gasteiger partial charge in [0, 0.05) is 11.1 Å². The van der Waals surface area contributed by atoms with E-state index in [-0.39, 0.29) is 9.98 Å². The lowest BCUT2D eigenvalue weighted by molar-refractivity contribution is 1.45. The summed E-state index contributed by atoms with van der Waals surface area (Å²) in [4.78, 5) is 0.315. The number of rotatable bonds is 2. The van der Waals surface area contributed by atoms with Gasteiger partial charge in [0.1, 0.15) is 9.98 Å². The van der Waals surface area contributed by atoms with Crippen LogP contribution in [0.1, 0.15) is 16.7 Å². The molecule has 1 aromatic carbocycles. The van der Waals surface area contributed by atoms with Gasteiger partial charge < -0.3 is 11.5 Å². The summed E-state index contributed by atoms with van der Waals surface area (Å²) in [5.41, 5.74) is 12.4. The van der Waals surface area contributed by atoms with Gasteiger partial charge in [-0.05, 0) is 6.07 Å². The van der Waals surface area contributed by atoms with Crippen LogP contribution in [0.4, 0.5) is 0 Å². The SMILES string of the molecule is N#Cc1cccc(C(N)=S)c1C(N)=S. The fraction of sp³-hybridized carbons (Fsp3) is 0. The molecule has 4 N–H and O–H groups in total. The summed E-state index contributed by atoms with van der Waals surface area (Å²) in [5.74, 6) is 0. The van der Waals surface area contributed by atoms with Crippen LogP contribution in [-0.2, 0) is 0 Å². The first-order valence-electron chi connectivity index (χ1n) is 3.70. The fourth-order valence-electron chi connectivity index (χ4n) is 1.12. The Morgan fingerprint density at radius 2 is 1.86 bits per heavy atom. The molecule has 14 heavy (non-hydrogen) atoms. The monoisotopic (exact) mass is 221 g/mol. The summed E-state index contributed by atoms with van der Waals surface area (Å²) in [6.07, 6.45) is 0. The zero-order valence-corrected chi connectivity index (χ0v) is 8.78. The molecular weight excluding hydrogens is 214 g/mol. The van der Waals surface area contributed by atoms with Crippen molar-refractivity contribution in [2.45, 2.75) is 0 Å². The molecular formula is C9H7N3S2. The topological polar surface area (TPSA) is 75.8 Å². The van der Waals surface area contributed by atoms with E-state index in [9.17, 15) is 0 Å². The van der Waals surface area contributed by atoms with Crippen molar-refractivity contribution >= 4 is 34.4 Å². The van der Waals surface area contributed by atoms with E-state index in [2.05, 4.69) is 0 Å². The Morgan fingerprint density at radius 3 is 2.29 bits per heavy atom. The molecule has 0 unspecified atom stereocenters. The van der Waals surface area contributed by atoms with Gasteiger partial charge in [0.05, 0.1) is 11.6 Å². The van der Waals surface area contributed by atoms with Crippen molar-refractivity contribution < 1.29 is 0 Å². The first-order chi connectivity index (χ1) is 6.57. The van der Waals surface area contributed by atoms with Crippen molar-refractivity contribution in [2.24, 2.45) is 11.5 Å². The van der Waals surface area contributed by atoms with E-state index < -0.39 is 0 Å². The minimum atomic E-state index is 0.130. The third kappa shape index (κ3) is 1.87.